The first-order valence-electron chi connectivity index (χ1n) is 8.09. The van der Waals surface area contributed by atoms with E-state index < -0.39 is 4.92 Å². The van der Waals surface area contributed by atoms with Gasteiger partial charge in [0.2, 0.25) is 0 Å². The van der Waals surface area contributed by atoms with Crippen LogP contribution in [0, 0.1) is 15.9 Å². The molecule has 3 aromatic carbocycles. The Morgan fingerprint density at radius 1 is 0.963 bits per heavy atom. The number of para-hydroxylation sites is 1. The van der Waals surface area contributed by atoms with E-state index in [1.807, 2.05) is 41.8 Å². The Labute approximate surface area is 160 Å². The van der Waals surface area contributed by atoms with Crippen molar-refractivity contribution in [2.75, 3.05) is 0 Å². The number of hydrogen-bond donors (Lipinski definition) is 0. The van der Waals surface area contributed by atoms with Crippen molar-refractivity contribution in [3.05, 3.63) is 112 Å². The molecule has 0 atom stereocenters. The molecule has 0 aliphatic heterocycles. The first-order chi connectivity index (χ1) is 13.1. The van der Waals surface area contributed by atoms with Crippen LogP contribution >= 0.6 is 11.8 Å². The van der Waals surface area contributed by atoms with E-state index in [4.69, 9.17) is 0 Å². The lowest BCUT2D eigenvalue weighted by Crippen LogP contribution is -1.97. The van der Waals surface area contributed by atoms with Crippen molar-refractivity contribution in [1.82, 2.24) is 0 Å². The minimum absolute atomic E-state index is 0.0301. The number of benzene rings is 3. The van der Waals surface area contributed by atoms with Crippen LogP contribution in [-0.4, -0.2) is 10.6 Å². The van der Waals surface area contributed by atoms with Crippen molar-refractivity contribution in [3.8, 4) is 0 Å². The minimum Gasteiger partial charge on any atom is -0.258 e. The van der Waals surface area contributed by atoms with E-state index in [1.165, 1.54) is 36.0 Å². The number of nitrogens with zero attached hydrogens (tertiary/aromatic N) is 2. The first-order valence-corrected chi connectivity index (χ1v) is 8.97. The van der Waals surface area contributed by atoms with Crippen LogP contribution in [0.3, 0.4) is 0 Å². The summed E-state index contributed by atoms with van der Waals surface area (Å²) in [6, 6.07) is 21.9. The summed E-state index contributed by atoms with van der Waals surface area (Å²) in [5.41, 5.74) is 2.25. The Hall–Kier alpha value is -3.25. The lowest BCUT2D eigenvalue weighted by Gasteiger charge is -2.03. The monoisotopic (exact) mass is 378 g/mol. The molecule has 0 N–H and O–H groups in total. The Bertz CT molecular complexity index is 969. The van der Waals surface area contributed by atoms with E-state index in [2.05, 4.69) is 4.99 Å². The van der Waals surface area contributed by atoms with E-state index in [-0.39, 0.29) is 11.5 Å². The summed E-state index contributed by atoms with van der Waals surface area (Å²) in [6.45, 7) is 0. The molecule has 0 aromatic heterocycles. The highest BCUT2D eigenvalue weighted by molar-refractivity contribution is 8.02. The van der Waals surface area contributed by atoms with Crippen LogP contribution in [0.1, 0.15) is 5.56 Å². The zero-order valence-electron chi connectivity index (χ0n) is 14.2. The summed E-state index contributed by atoms with van der Waals surface area (Å²) in [4.78, 5) is 16.0. The molecular weight excluding hydrogens is 363 g/mol. The molecule has 27 heavy (non-hydrogen) atoms. The van der Waals surface area contributed by atoms with Gasteiger partial charge in [-0.05, 0) is 60.0 Å². The number of halogens is 1. The van der Waals surface area contributed by atoms with E-state index in [9.17, 15) is 14.5 Å². The molecule has 0 bridgehead atoms. The van der Waals surface area contributed by atoms with Gasteiger partial charge < -0.3 is 0 Å². The topological polar surface area (TPSA) is 55.5 Å². The van der Waals surface area contributed by atoms with Gasteiger partial charge in [-0.3, -0.25) is 10.1 Å². The van der Waals surface area contributed by atoms with Crippen molar-refractivity contribution in [2.45, 2.75) is 4.90 Å². The SMILES string of the molecule is O=[N+]([O-])c1ccc(C(C=CSc2ccc(F)cc2)=Nc2ccccc2)cc1. The highest BCUT2D eigenvalue weighted by Gasteiger charge is 2.07. The van der Waals surface area contributed by atoms with Crippen molar-refractivity contribution in [2.24, 2.45) is 4.99 Å². The number of rotatable bonds is 6. The maximum atomic E-state index is 13.0. The van der Waals surface area contributed by atoms with Crippen LogP contribution < -0.4 is 0 Å². The van der Waals surface area contributed by atoms with E-state index in [0.717, 1.165) is 16.1 Å². The van der Waals surface area contributed by atoms with Gasteiger partial charge in [0.1, 0.15) is 5.82 Å². The maximum absolute atomic E-state index is 13.0. The quantitative estimate of drug-likeness (QED) is 0.223. The molecule has 3 rings (SSSR count). The molecule has 0 aliphatic carbocycles. The number of aliphatic imine (C=N–C) groups is 1. The molecule has 3 aromatic rings. The second-order valence-electron chi connectivity index (χ2n) is 5.51. The van der Waals surface area contributed by atoms with Gasteiger partial charge in [0.05, 0.1) is 16.3 Å². The fourth-order valence-electron chi connectivity index (χ4n) is 2.28. The molecule has 0 amide bonds. The van der Waals surface area contributed by atoms with Crippen molar-refractivity contribution < 1.29 is 9.31 Å². The fraction of sp³-hybridized carbons (Fsp3) is 0. The number of allylic oxidation sites excluding steroid dienone is 1. The van der Waals surface area contributed by atoms with Crippen LogP contribution in [0.5, 0.6) is 0 Å². The molecule has 0 spiro atoms. The number of hydrogen-bond acceptors (Lipinski definition) is 4. The summed E-state index contributed by atoms with van der Waals surface area (Å²) < 4.78 is 13.0. The Balaban J connectivity index is 1.87. The normalized spacial score (nSPS) is 11.7. The van der Waals surface area contributed by atoms with Crippen LogP contribution in [-0.2, 0) is 0 Å². The average molecular weight is 378 g/mol. The van der Waals surface area contributed by atoms with Crippen molar-refractivity contribution in [1.29, 1.82) is 0 Å². The molecule has 0 saturated carbocycles. The standard InChI is InChI=1S/C21H15FN2O2S/c22-17-8-12-20(13-9-17)27-15-14-21(23-18-4-2-1-3-5-18)16-6-10-19(11-7-16)24(25)26/h1-15H. The van der Waals surface area contributed by atoms with Gasteiger partial charge in [0.25, 0.3) is 5.69 Å². The summed E-state index contributed by atoms with van der Waals surface area (Å²) >= 11 is 1.43. The number of nitro groups is 1. The number of non-ortho nitro benzene ring substituents is 1. The average Bonchev–Trinajstić information content (AvgIpc) is 2.69. The highest BCUT2D eigenvalue weighted by Crippen LogP contribution is 2.21. The third-order valence-electron chi connectivity index (χ3n) is 3.62. The summed E-state index contributed by atoms with van der Waals surface area (Å²) in [5.74, 6) is -0.277. The molecule has 0 aliphatic rings. The second kappa shape index (κ2) is 8.91. The van der Waals surface area contributed by atoms with E-state index in [1.54, 1.807) is 24.3 Å². The predicted molar refractivity (Wildman–Crippen MR) is 107 cm³/mol. The molecule has 0 unspecified atom stereocenters. The predicted octanol–water partition coefficient (Wildman–Crippen LogP) is 6.16. The second-order valence-corrected chi connectivity index (χ2v) is 6.49. The van der Waals surface area contributed by atoms with Gasteiger partial charge in [-0.2, -0.15) is 0 Å². The molecule has 134 valence electrons. The first kappa shape index (κ1) is 18.5. The van der Waals surface area contributed by atoms with Gasteiger partial charge >= 0.3 is 0 Å². The summed E-state index contributed by atoms with van der Waals surface area (Å²) in [7, 11) is 0. The Morgan fingerprint density at radius 2 is 1.63 bits per heavy atom. The van der Waals surface area contributed by atoms with E-state index >= 15 is 0 Å². The van der Waals surface area contributed by atoms with Gasteiger partial charge in [0.15, 0.2) is 0 Å². The zero-order valence-corrected chi connectivity index (χ0v) is 15.0. The number of nitro benzene ring substituents is 1. The lowest BCUT2D eigenvalue weighted by molar-refractivity contribution is -0.384. The summed E-state index contributed by atoms with van der Waals surface area (Å²) in [6.07, 6.45) is 1.84. The third kappa shape index (κ3) is 5.36. The molecule has 6 heteroatoms. The van der Waals surface area contributed by atoms with Crippen LogP contribution in [0.15, 0.2) is 100 Å². The summed E-state index contributed by atoms with van der Waals surface area (Å²) in [5, 5.41) is 12.7. The van der Waals surface area contributed by atoms with Gasteiger partial charge in [0, 0.05) is 22.6 Å². The van der Waals surface area contributed by atoms with Crippen molar-refractivity contribution in [3.63, 3.8) is 0 Å². The molecule has 0 saturated heterocycles. The lowest BCUT2D eigenvalue weighted by atomic mass is 10.1. The highest BCUT2D eigenvalue weighted by atomic mass is 32.2. The van der Waals surface area contributed by atoms with Crippen LogP contribution in [0.4, 0.5) is 15.8 Å². The minimum atomic E-state index is -0.433. The number of thioether (sulfide) groups is 1. The van der Waals surface area contributed by atoms with Crippen LogP contribution in [0.2, 0.25) is 0 Å². The third-order valence-corrected chi connectivity index (χ3v) is 4.44. The fourth-order valence-corrected chi connectivity index (χ4v) is 2.93. The zero-order chi connectivity index (χ0) is 19.1. The van der Waals surface area contributed by atoms with Gasteiger partial charge in [-0.15, -0.1) is 0 Å². The molecule has 4 nitrogen and oxygen atoms in total. The Kier molecular flexibility index (Phi) is 6.12. The smallest absolute Gasteiger partial charge is 0.258 e. The van der Waals surface area contributed by atoms with Gasteiger partial charge in [-0.25, -0.2) is 9.38 Å². The Morgan fingerprint density at radius 3 is 2.26 bits per heavy atom. The van der Waals surface area contributed by atoms with E-state index in [0.29, 0.717) is 5.71 Å². The molecule has 0 fully saturated rings. The van der Waals surface area contributed by atoms with Crippen molar-refractivity contribution >= 4 is 28.8 Å². The molecular formula is C21H15FN2O2S. The largest absolute Gasteiger partial charge is 0.269 e. The van der Waals surface area contributed by atoms with Gasteiger partial charge in [-0.1, -0.05) is 30.0 Å². The molecule has 0 radical (unpaired) electrons. The maximum Gasteiger partial charge on any atom is 0.269 e. The van der Waals surface area contributed by atoms with Crippen LogP contribution in [0.25, 0.3) is 0 Å². The molecule has 0 heterocycles.